The first-order valence-corrected chi connectivity index (χ1v) is 7.67. The van der Waals surface area contributed by atoms with Crippen LogP contribution in [0.5, 0.6) is 0 Å². The van der Waals surface area contributed by atoms with E-state index in [0.717, 1.165) is 29.7 Å². The molecule has 0 saturated heterocycles. The van der Waals surface area contributed by atoms with E-state index >= 15 is 0 Å². The van der Waals surface area contributed by atoms with Gasteiger partial charge in [-0.1, -0.05) is 37.3 Å². The maximum Gasteiger partial charge on any atom is 0.0992 e. The van der Waals surface area contributed by atoms with Gasteiger partial charge in [-0.2, -0.15) is 5.26 Å². The van der Waals surface area contributed by atoms with Crippen LogP contribution in [0, 0.1) is 11.3 Å². The molecule has 0 aliphatic heterocycles. The van der Waals surface area contributed by atoms with E-state index in [2.05, 4.69) is 46.0 Å². The molecular formula is C17H18BrN3. The van der Waals surface area contributed by atoms with Gasteiger partial charge in [-0.25, -0.2) is 0 Å². The van der Waals surface area contributed by atoms with Gasteiger partial charge in [-0.3, -0.25) is 4.90 Å². The van der Waals surface area contributed by atoms with Gasteiger partial charge in [-0.05, 0) is 45.7 Å². The van der Waals surface area contributed by atoms with Crippen molar-refractivity contribution in [3.8, 4) is 6.07 Å². The standard InChI is InChI=1S/C17H18BrN3/c1-2-21(11-13-6-4-3-5-7-13)12-15-8-14(10-19)9-16(18)17(15)20/h3-9H,2,11-12,20H2,1H3. The Bertz CT molecular complexity index is 647. The highest BCUT2D eigenvalue weighted by atomic mass is 79.9. The van der Waals surface area contributed by atoms with Gasteiger partial charge < -0.3 is 5.73 Å². The highest BCUT2D eigenvalue weighted by Gasteiger charge is 2.11. The van der Waals surface area contributed by atoms with Crippen LogP contribution in [0.4, 0.5) is 5.69 Å². The molecule has 3 nitrogen and oxygen atoms in total. The van der Waals surface area contributed by atoms with Gasteiger partial charge in [0.25, 0.3) is 0 Å². The molecule has 0 bridgehead atoms. The zero-order valence-corrected chi connectivity index (χ0v) is 13.6. The Kier molecular flexibility index (Phi) is 5.38. The second-order valence-electron chi connectivity index (χ2n) is 4.93. The topological polar surface area (TPSA) is 53.0 Å². The van der Waals surface area contributed by atoms with Crippen LogP contribution in [0.15, 0.2) is 46.9 Å². The van der Waals surface area contributed by atoms with Crippen LogP contribution in [0.3, 0.4) is 0 Å². The molecule has 0 aliphatic rings. The molecule has 0 spiro atoms. The first-order chi connectivity index (χ1) is 10.1. The fourth-order valence-corrected chi connectivity index (χ4v) is 2.73. The van der Waals surface area contributed by atoms with E-state index in [1.165, 1.54) is 5.56 Å². The molecule has 2 aromatic rings. The van der Waals surface area contributed by atoms with Gasteiger partial charge in [0.2, 0.25) is 0 Å². The molecule has 0 atom stereocenters. The lowest BCUT2D eigenvalue weighted by molar-refractivity contribution is 0.272. The summed E-state index contributed by atoms with van der Waals surface area (Å²) in [6.07, 6.45) is 0. The van der Waals surface area contributed by atoms with Crippen LogP contribution in [-0.2, 0) is 13.1 Å². The Hall–Kier alpha value is -1.83. The minimum absolute atomic E-state index is 0.627. The number of halogens is 1. The highest BCUT2D eigenvalue weighted by molar-refractivity contribution is 9.10. The van der Waals surface area contributed by atoms with Crippen LogP contribution in [-0.4, -0.2) is 11.4 Å². The number of anilines is 1. The monoisotopic (exact) mass is 343 g/mol. The van der Waals surface area contributed by atoms with E-state index in [0.29, 0.717) is 11.3 Å². The molecule has 0 unspecified atom stereocenters. The molecule has 0 heterocycles. The van der Waals surface area contributed by atoms with Crippen molar-refractivity contribution >= 4 is 21.6 Å². The summed E-state index contributed by atoms with van der Waals surface area (Å²) < 4.78 is 0.785. The number of hydrogen-bond acceptors (Lipinski definition) is 3. The van der Waals surface area contributed by atoms with Crippen molar-refractivity contribution < 1.29 is 0 Å². The van der Waals surface area contributed by atoms with Crippen molar-refractivity contribution in [2.24, 2.45) is 0 Å². The van der Waals surface area contributed by atoms with Crippen molar-refractivity contribution in [1.82, 2.24) is 4.90 Å². The average Bonchev–Trinajstić information content (AvgIpc) is 2.51. The molecule has 0 aliphatic carbocycles. The van der Waals surface area contributed by atoms with Crippen molar-refractivity contribution in [2.45, 2.75) is 20.0 Å². The molecule has 4 heteroatoms. The number of nitrogen functional groups attached to an aromatic ring is 1. The molecule has 0 amide bonds. The van der Waals surface area contributed by atoms with E-state index < -0.39 is 0 Å². The molecule has 0 saturated carbocycles. The van der Waals surface area contributed by atoms with Crippen LogP contribution in [0.2, 0.25) is 0 Å². The predicted octanol–water partition coefficient (Wildman–Crippen LogP) is 3.93. The molecule has 0 radical (unpaired) electrons. The summed E-state index contributed by atoms with van der Waals surface area (Å²) in [7, 11) is 0. The molecule has 2 aromatic carbocycles. The van der Waals surface area contributed by atoms with Crippen molar-refractivity contribution in [1.29, 1.82) is 5.26 Å². The number of hydrogen-bond donors (Lipinski definition) is 1. The number of benzene rings is 2. The minimum Gasteiger partial charge on any atom is -0.398 e. The summed E-state index contributed by atoms with van der Waals surface area (Å²) in [5.41, 5.74) is 9.71. The Labute approximate surface area is 134 Å². The molecule has 2 rings (SSSR count). The maximum absolute atomic E-state index is 9.08. The molecule has 0 fully saturated rings. The van der Waals surface area contributed by atoms with Gasteiger partial charge >= 0.3 is 0 Å². The smallest absolute Gasteiger partial charge is 0.0992 e. The number of nitriles is 1. The summed E-state index contributed by atoms with van der Waals surface area (Å²) in [5.74, 6) is 0. The quantitative estimate of drug-likeness (QED) is 0.837. The Balaban J connectivity index is 2.19. The van der Waals surface area contributed by atoms with Crippen LogP contribution >= 0.6 is 15.9 Å². The van der Waals surface area contributed by atoms with E-state index in [1.54, 1.807) is 6.07 Å². The zero-order chi connectivity index (χ0) is 15.2. The maximum atomic E-state index is 9.08. The van der Waals surface area contributed by atoms with E-state index in [-0.39, 0.29) is 0 Å². The van der Waals surface area contributed by atoms with E-state index in [4.69, 9.17) is 11.0 Å². The summed E-state index contributed by atoms with van der Waals surface area (Å²) in [6.45, 7) is 4.64. The molecule has 0 aromatic heterocycles. The highest BCUT2D eigenvalue weighted by Crippen LogP contribution is 2.26. The fraction of sp³-hybridized carbons (Fsp3) is 0.235. The second kappa shape index (κ2) is 7.26. The van der Waals surface area contributed by atoms with Crippen LogP contribution in [0.1, 0.15) is 23.6 Å². The summed E-state index contributed by atoms with van der Waals surface area (Å²) in [4.78, 5) is 2.30. The SMILES string of the molecule is CCN(Cc1ccccc1)Cc1cc(C#N)cc(Br)c1N. The normalized spacial score (nSPS) is 10.6. The van der Waals surface area contributed by atoms with Crippen molar-refractivity contribution in [3.05, 3.63) is 63.6 Å². The summed E-state index contributed by atoms with van der Waals surface area (Å²) in [5, 5.41) is 9.08. The van der Waals surface area contributed by atoms with Gasteiger partial charge in [0.1, 0.15) is 0 Å². The third-order valence-corrected chi connectivity index (χ3v) is 4.09. The lowest BCUT2D eigenvalue weighted by Gasteiger charge is -2.22. The second-order valence-corrected chi connectivity index (χ2v) is 5.79. The molecule has 21 heavy (non-hydrogen) atoms. The first kappa shape index (κ1) is 15.6. The Morgan fingerprint density at radius 3 is 2.52 bits per heavy atom. The third kappa shape index (κ3) is 4.07. The van der Waals surface area contributed by atoms with Gasteiger partial charge in [-0.15, -0.1) is 0 Å². The summed E-state index contributed by atoms with van der Waals surface area (Å²) in [6, 6.07) is 16.1. The predicted molar refractivity (Wildman–Crippen MR) is 89.5 cm³/mol. The molecule has 108 valence electrons. The Morgan fingerprint density at radius 1 is 1.19 bits per heavy atom. The van der Waals surface area contributed by atoms with Gasteiger partial charge in [0, 0.05) is 17.6 Å². The molecular weight excluding hydrogens is 326 g/mol. The van der Waals surface area contributed by atoms with E-state index in [9.17, 15) is 0 Å². The van der Waals surface area contributed by atoms with Crippen LogP contribution < -0.4 is 5.73 Å². The average molecular weight is 344 g/mol. The van der Waals surface area contributed by atoms with E-state index in [1.807, 2.05) is 24.3 Å². The summed E-state index contributed by atoms with van der Waals surface area (Å²) >= 11 is 3.42. The lowest BCUT2D eigenvalue weighted by atomic mass is 10.1. The van der Waals surface area contributed by atoms with Gasteiger partial charge in [0.05, 0.1) is 17.3 Å². The number of nitrogens with two attached hydrogens (primary N) is 1. The zero-order valence-electron chi connectivity index (χ0n) is 12.0. The lowest BCUT2D eigenvalue weighted by Crippen LogP contribution is -2.23. The largest absolute Gasteiger partial charge is 0.398 e. The fourth-order valence-electron chi connectivity index (χ4n) is 2.23. The van der Waals surface area contributed by atoms with Crippen molar-refractivity contribution in [3.63, 3.8) is 0 Å². The number of nitrogens with zero attached hydrogens (tertiary/aromatic N) is 2. The van der Waals surface area contributed by atoms with Crippen LogP contribution in [0.25, 0.3) is 0 Å². The first-order valence-electron chi connectivity index (χ1n) is 6.88. The number of rotatable bonds is 5. The Morgan fingerprint density at radius 2 is 1.90 bits per heavy atom. The van der Waals surface area contributed by atoms with Gasteiger partial charge in [0.15, 0.2) is 0 Å². The minimum atomic E-state index is 0.627. The third-order valence-electron chi connectivity index (χ3n) is 3.43. The molecule has 2 N–H and O–H groups in total. The van der Waals surface area contributed by atoms with Crippen molar-refractivity contribution in [2.75, 3.05) is 12.3 Å².